The number of halogens is 2. The topological polar surface area (TPSA) is 50.9 Å². The van der Waals surface area contributed by atoms with Crippen LogP contribution < -0.4 is 11.3 Å². The fourth-order valence-corrected chi connectivity index (χ4v) is 2.09. The zero-order valence-corrected chi connectivity index (χ0v) is 11.1. The van der Waals surface area contributed by atoms with Crippen molar-refractivity contribution in [3.8, 4) is 0 Å². The molecule has 3 N–H and O–H groups in total. The van der Waals surface area contributed by atoms with Gasteiger partial charge in [0.25, 0.3) is 0 Å². The van der Waals surface area contributed by atoms with Crippen LogP contribution >= 0.6 is 23.2 Å². The van der Waals surface area contributed by atoms with Crippen molar-refractivity contribution in [3.05, 3.63) is 63.9 Å². The molecule has 0 aliphatic rings. The van der Waals surface area contributed by atoms with Gasteiger partial charge in [0.15, 0.2) is 0 Å². The van der Waals surface area contributed by atoms with Gasteiger partial charge in [-0.3, -0.25) is 11.3 Å². The van der Waals surface area contributed by atoms with Crippen LogP contribution in [-0.4, -0.2) is 4.98 Å². The minimum atomic E-state index is -0.0202. The predicted molar refractivity (Wildman–Crippen MR) is 74.5 cm³/mol. The molecule has 2 rings (SSSR count). The molecule has 0 bridgehead atoms. The molecule has 5 heteroatoms. The number of nitrogens with one attached hydrogen (secondary N) is 1. The van der Waals surface area contributed by atoms with Crippen LogP contribution in [0.15, 0.2) is 42.6 Å². The lowest BCUT2D eigenvalue weighted by Crippen LogP contribution is -2.29. The van der Waals surface area contributed by atoms with Gasteiger partial charge in [0.2, 0.25) is 0 Å². The van der Waals surface area contributed by atoms with E-state index in [1.54, 1.807) is 12.3 Å². The molecule has 18 heavy (non-hydrogen) atoms. The smallest absolute Gasteiger partial charge is 0.129 e. The van der Waals surface area contributed by atoms with Gasteiger partial charge in [-0.25, -0.2) is 4.98 Å². The maximum Gasteiger partial charge on any atom is 0.129 e. The Morgan fingerprint density at radius 1 is 1.22 bits per heavy atom. The van der Waals surface area contributed by atoms with E-state index in [4.69, 9.17) is 29.0 Å². The summed E-state index contributed by atoms with van der Waals surface area (Å²) in [6, 6.07) is 11.3. The van der Waals surface area contributed by atoms with Crippen LogP contribution in [0.2, 0.25) is 10.2 Å². The standard InChI is InChI=1S/C13H13Cl2N3/c14-11-3-1-2-9(6-11)7-12(18-16)10-4-5-13(15)17-8-10/h1-6,8,12,18H,7,16H2. The highest BCUT2D eigenvalue weighted by Crippen LogP contribution is 2.20. The highest BCUT2D eigenvalue weighted by molar-refractivity contribution is 6.30. The Hall–Kier alpha value is -1.13. The summed E-state index contributed by atoms with van der Waals surface area (Å²) in [5, 5.41) is 1.19. The second-order valence-electron chi connectivity index (χ2n) is 3.97. The molecule has 0 amide bonds. The fourth-order valence-electron chi connectivity index (χ4n) is 1.77. The molecule has 1 heterocycles. The molecule has 0 fully saturated rings. The molecule has 0 radical (unpaired) electrons. The van der Waals surface area contributed by atoms with Crippen molar-refractivity contribution in [2.24, 2.45) is 5.84 Å². The van der Waals surface area contributed by atoms with Crippen molar-refractivity contribution in [1.29, 1.82) is 0 Å². The molecule has 0 aliphatic heterocycles. The maximum absolute atomic E-state index is 5.96. The quantitative estimate of drug-likeness (QED) is 0.514. The van der Waals surface area contributed by atoms with Gasteiger partial charge >= 0.3 is 0 Å². The van der Waals surface area contributed by atoms with E-state index in [1.165, 1.54) is 0 Å². The van der Waals surface area contributed by atoms with Gasteiger partial charge in [0.1, 0.15) is 5.15 Å². The number of nitrogens with two attached hydrogens (primary N) is 1. The Morgan fingerprint density at radius 2 is 2.06 bits per heavy atom. The third-order valence-electron chi connectivity index (χ3n) is 2.68. The average molecular weight is 282 g/mol. The molecule has 0 spiro atoms. The molecule has 94 valence electrons. The lowest BCUT2D eigenvalue weighted by Gasteiger charge is -2.16. The Bertz CT molecular complexity index is 514. The number of nitrogens with zero attached hydrogens (tertiary/aromatic N) is 1. The molecule has 2 aromatic rings. The van der Waals surface area contributed by atoms with Gasteiger partial charge in [-0.1, -0.05) is 41.4 Å². The summed E-state index contributed by atoms with van der Waals surface area (Å²) in [4.78, 5) is 4.05. The van der Waals surface area contributed by atoms with Crippen LogP contribution in [-0.2, 0) is 6.42 Å². The highest BCUT2D eigenvalue weighted by Gasteiger charge is 2.11. The van der Waals surface area contributed by atoms with E-state index in [1.807, 2.05) is 30.3 Å². The molecule has 0 saturated carbocycles. The minimum absolute atomic E-state index is 0.0202. The van der Waals surface area contributed by atoms with Crippen molar-refractivity contribution in [2.75, 3.05) is 0 Å². The Balaban J connectivity index is 2.17. The zero-order chi connectivity index (χ0) is 13.0. The highest BCUT2D eigenvalue weighted by atomic mass is 35.5. The van der Waals surface area contributed by atoms with Gasteiger partial charge in [0.05, 0.1) is 6.04 Å². The first kappa shape index (κ1) is 13.3. The summed E-state index contributed by atoms with van der Waals surface area (Å²) < 4.78 is 0. The molecule has 0 saturated heterocycles. The van der Waals surface area contributed by atoms with Gasteiger partial charge in [-0.15, -0.1) is 0 Å². The number of hydrazine groups is 1. The van der Waals surface area contributed by atoms with Crippen LogP contribution in [0.3, 0.4) is 0 Å². The predicted octanol–water partition coefficient (Wildman–Crippen LogP) is 3.14. The van der Waals surface area contributed by atoms with Crippen molar-refractivity contribution in [1.82, 2.24) is 10.4 Å². The molecule has 1 atom stereocenters. The molecular formula is C13H13Cl2N3. The number of aromatic nitrogens is 1. The Kier molecular flexibility index (Phi) is 4.55. The van der Waals surface area contributed by atoms with E-state index in [2.05, 4.69) is 10.4 Å². The average Bonchev–Trinajstić information content (AvgIpc) is 2.37. The van der Waals surface area contributed by atoms with Crippen LogP contribution in [0.5, 0.6) is 0 Å². The zero-order valence-electron chi connectivity index (χ0n) is 9.61. The summed E-state index contributed by atoms with van der Waals surface area (Å²) in [6.45, 7) is 0. The summed E-state index contributed by atoms with van der Waals surface area (Å²) >= 11 is 11.7. The van der Waals surface area contributed by atoms with Crippen LogP contribution in [0.4, 0.5) is 0 Å². The van der Waals surface area contributed by atoms with Crippen LogP contribution in [0.25, 0.3) is 0 Å². The van der Waals surface area contributed by atoms with E-state index >= 15 is 0 Å². The van der Waals surface area contributed by atoms with Gasteiger partial charge in [-0.05, 0) is 35.7 Å². The summed E-state index contributed by atoms with van der Waals surface area (Å²) in [5.41, 5.74) is 4.88. The third kappa shape index (κ3) is 3.43. The fraction of sp³-hybridized carbons (Fsp3) is 0.154. The van der Waals surface area contributed by atoms with Crippen molar-refractivity contribution in [3.63, 3.8) is 0 Å². The first-order chi connectivity index (χ1) is 8.69. The Labute approximate surface area is 116 Å². The van der Waals surface area contributed by atoms with Gasteiger partial charge in [-0.2, -0.15) is 0 Å². The van der Waals surface area contributed by atoms with E-state index in [9.17, 15) is 0 Å². The molecule has 3 nitrogen and oxygen atoms in total. The van der Waals surface area contributed by atoms with Crippen LogP contribution in [0, 0.1) is 0 Å². The molecule has 1 aromatic carbocycles. The summed E-state index contributed by atoms with van der Waals surface area (Å²) in [6.07, 6.45) is 2.46. The second-order valence-corrected chi connectivity index (χ2v) is 4.79. The third-order valence-corrected chi connectivity index (χ3v) is 3.14. The monoisotopic (exact) mass is 281 g/mol. The molecule has 0 aliphatic carbocycles. The maximum atomic E-state index is 5.96. The molecule has 1 unspecified atom stereocenters. The SMILES string of the molecule is NNC(Cc1cccc(Cl)c1)c1ccc(Cl)nc1. The first-order valence-corrected chi connectivity index (χ1v) is 6.26. The van der Waals surface area contributed by atoms with E-state index in [0.717, 1.165) is 22.6 Å². The number of benzene rings is 1. The van der Waals surface area contributed by atoms with E-state index < -0.39 is 0 Å². The number of hydrogen-bond donors (Lipinski definition) is 2. The van der Waals surface area contributed by atoms with Crippen molar-refractivity contribution >= 4 is 23.2 Å². The number of rotatable bonds is 4. The van der Waals surface area contributed by atoms with E-state index in [-0.39, 0.29) is 6.04 Å². The first-order valence-electron chi connectivity index (χ1n) is 5.51. The van der Waals surface area contributed by atoms with Gasteiger partial charge in [0, 0.05) is 11.2 Å². The number of hydrogen-bond acceptors (Lipinski definition) is 3. The molecule has 1 aromatic heterocycles. The molecular weight excluding hydrogens is 269 g/mol. The van der Waals surface area contributed by atoms with Crippen molar-refractivity contribution in [2.45, 2.75) is 12.5 Å². The largest absolute Gasteiger partial charge is 0.271 e. The number of pyridine rings is 1. The second kappa shape index (κ2) is 6.16. The van der Waals surface area contributed by atoms with Crippen LogP contribution in [0.1, 0.15) is 17.2 Å². The lowest BCUT2D eigenvalue weighted by atomic mass is 10.0. The lowest BCUT2D eigenvalue weighted by molar-refractivity contribution is 0.550. The summed E-state index contributed by atoms with van der Waals surface area (Å²) in [5.74, 6) is 5.58. The van der Waals surface area contributed by atoms with Crippen molar-refractivity contribution < 1.29 is 0 Å². The summed E-state index contributed by atoms with van der Waals surface area (Å²) in [7, 11) is 0. The normalized spacial score (nSPS) is 12.4. The van der Waals surface area contributed by atoms with Gasteiger partial charge < -0.3 is 0 Å². The van der Waals surface area contributed by atoms with E-state index in [0.29, 0.717) is 5.15 Å². The Morgan fingerprint density at radius 3 is 2.67 bits per heavy atom. The minimum Gasteiger partial charge on any atom is -0.271 e.